The number of rotatable bonds is 1. The first kappa shape index (κ1) is 13.9. The Kier molecular flexibility index (Phi) is 2.94. The summed E-state index contributed by atoms with van der Waals surface area (Å²) in [6, 6.07) is 0. The number of aromatic nitrogens is 4. The van der Waals surface area contributed by atoms with Gasteiger partial charge in [0.05, 0.1) is 0 Å². The minimum absolute atomic E-state index is 0.0198. The molecule has 2 N–H and O–H groups in total. The number of H-pyrrole nitrogens is 1. The zero-order valence-electron chi connectivity index (χ0n) is 12.7. The maximum atomic E-state index is 12.2. The van der Waals surface area contributed by atoms with Gasteiger partial charge in [-0.3, -0.25) is 13.9 Å². The molecule has 1 saturated heterocycles. The summed E-state index contributed by atoms with van der Waals surface area (Å²) >= 11 is 0. The highest BCUT2D eigenvalue weighted by Crippen LogP contribution is 2.18. The van der Waals surface area contributed by atoms with E-state index < -0.39 is 0 Å². The van der Waals surface area contributed by atoms with Crippen molar-refractivity contribution in [3.8, 4) is 0 Å². The Bertz CT molecular complexity index is 812. The standard InChI is InChI=1S/C13H20N6O2/c1-13(2)7-19(6-5-14-13)11-15-8-9(16-11)17(3)12(21)18(4)10(8)20/h14H,5-7H2,1-4H3,(H,15,16). The summed E-state index contributed by atoms with van der Waals surface area (Å²) in [5, 5.41) is 3.43. The van der Waals surface area contributed by atoms with Gasteiger partial charge in [0, 0.05) is 39.3 Å². The lowest BCUT2D eigenvalue weighted by Crippen LogP contribution is -2.57. The van der Waals surface area contributed by atoms with E-state index in [4.69, 9.17) is 0 Å². The molecule has 0 aromatic carbocycles. The van der Waals surface area contributed by atoms with Crippen LogP contribution in [0.15, 0.2) is 9.59 Å². The molecule has 8 nitrogen and oxygen atoms in total. The first-order valence-electron chi connectivity index (χ1n) is 6.96. The number of fused-ring (bicyclic) bond motifs is 1. The van der Waals surface area contributed by atoms with Gasteiger partial charge in [0.1, 0.15) is 0 Å². The van der Waals surface area contributed by atoms with Gasteiger partial charge in [-0.05, 0) is 13.8 Å². The summed E-state index contributed by atoms with van der Waals surface area (Å²) in [7, 11) is 3.09. The molecule has 1 fully saturated rings. The topological polar surface area (TPSA) is 87.9 Å². The molecule has 8 heteroatoms. The predicted octanol–water partition coefficient (Wildman–Crippen LogP) is -0.851. The van der Waals surface area contributed by atoms with Crippen molar-refractivity contribution in [1.29, 1.82) is 0 Å². The van der Waals surface area contributed by atoms with E-state index in [0.717, 1.165) is 24.2 Å². The summed E-state index contributed by atoms with van der Waals surface area (Å²) in [5.41, 5.74) is 0.0291. The Morgan fingerprint density at radius 3 is 2.57 bits per heavy atom. The van der Waals surface area contributed by atoms with Crippen LogP contribution in [0.5, 0.6) is 0 Å². The Morgan fingerprint density at radius 1 is 1.19 bits per heavy atom. The van der Waals surface area contributed by atoms with Gasteiger partial charge in [-0.1, -0.05) is 0 Å². The van der Waals surface area contributed by atoms with Crippen molar-refractivity contribution in [2.24, 2.45) is 14.1 Å². The molecule has 21 heavy (non-hydrogen) atoms. The minimum atomic E-state index is -0.369. The van der Waals surface area contributed by atoms with E-state index in [9.17, 15) is 9.59 Å². The molecule has 0 bridgehead atoms. The minimum Gasteiger partial charge on any atom is -0.339 e. The van der Waals surface area contributed by atoms with E-state index in [2.05, 4.69) is 34.0 Å². The van der Waals surface area contributed by atoms with Crippen LogP contribution in [0.3, 0.4) is 0 Å². The van der Waals surface area contributed by atoms with Crippen LogP contribution >= 0.6 is 0 Å². The van der Waals surface area contributed by atoms with Crippen LogP contribution in [0, 0.1) is 0 Å². The van der Waals surface area contributed by atoms with E-state index in [-0.39, 0.29) is 16.8 Å². The van der Waals surface area contributed by atoms with Crippen molar-refractivity contribution in [3.63, 3.8) is 0 Å². The number of anilines is 1. The number of aryl methyl sites for hydroxylation is 1. The lowest BCUT2D eigenvalue weighted by Gasteiger charge is -2.38. The summed E-state index contributed by atoms with van der Waals surface area (Å²) in [6.07, 6.45) is 0. The number of nitrogens with zero attached hydrogens (tertiary/aromatic N) is 4. The molecule has 0 radical (unpaired) electrons. The number of piperazine rings is 1. The van der Waals surface area contributed by atoms with Crippen LogP contribution in [0.25, 0.3) is 11.2 Å². The smallest absolute Gasteiger partial charge is 0.332 e. The highest BCUT2D eigenvalue weighted by molar-refractivity contribution is 5.73. The molecule has 0 amide bonds. The molecular formula is C13H20N6O2. The van der Waals surface area contributed by atoms with E-state index in [0.29, 0.717) is 17.1 Å². The zero-order chi connectivity index (χ0) is 15.4. The molecule has 0 aliphatic carbocycles. The molecule has 0 saturated carbocycles. The van der Waals surface area contributed by atoms with Crippen LogP contribution in [0.2, 0.25) is 0 Å². The maximum absolute atomic E-state index is 12.2. The first-order chi connectivity index (χ1) is 9.80. The monoisotopic (exact) mass is 292 g/mol. The van der Waals surface area contributed by atoms with Crippen LogP contribution in [-0.4, -0.2) is 44.3 Å². The molecule has 3 heterocycles. The normalized spacial score (nSPS) is 18.4. The molecule has 0 unspecified atom stereocenters. The fourth-order valence-corrected chi connectivity index (χ4v) is 2.79. The van der Waals surface area contributed by atoms with Crippen molar-refractivity contribution in [1.82, 2.24) is 24.4 Å². The highest BCUT2D eigenvalue weighted by Gasteiger charge is 2.28. The van der Waals surface area contributed by atoms with Gasteiger partial charge in [-0.15, -0.1) is 0 Å². The molecular weight excluding hydrogens is 272 g/mol. The van der Waals surface area contributed by atoms with Gasteiger partial charge in [-0.25, -0.2) is 4.79 Å². The molecule has 0 spiro atoms. The molecule has 1 aliphatic heterocycles. The van der Waals surface area contributed by atoms with E-state index in [1.54, 1.807) is 7.05 Å². The summed E-state index contributed by atoms with van der Waals surface area (Å²) < 4.78 is 2.48. The van der Waals surface area contributed by atoms with Gasteiger partial charge >= 0.3 is 5.69 Å². The molecule has 1 aliphatic rings. The Hall–Kier alpha value is -2.09. The Labute approximate surface area is 121 Å². The number of nitrogens with one attached hydrogen (secondary N) is 2. The van der Waals surface area contributed by atoms with Crippen LogP contribution < -0.4 is 21.5 Å². The van der Waals surface area contributed by atoms with Crippen LogP contribution in [0.4, 0.5) is 5.95 Å². The molecule has 0 atom stereocenters. The highest BCUT2D eigenvalue weighted by atomic mass is 16.2. The van der Waals surface area contributed by atoms with Crippen LogP contribution in [-0.2, 0) is 14.1 Å². The number of hydrogen-bond donors (Lipinski definition) is 2. The van der Waals surface area contributed by atoms with E-state index in [1.807, 2.05) is 0 Å². The second-order valence-electron chi connectivity index (χ2n) is 6.20. The fraction of sp³-hybridized carbons (Fsp3) is 0.615. The fourth-order valence-electron chi connectivity index (χ4n) is 2.79. The van der Waals surface area contributed by atoms with Crippen molar-refractivity contribution in [2.75, 3.05) is 24.5 Å². The van der Waals surface area contributed by atoms with E-state index >= 15 is 0 Å². The van der Waals surface area contributed by atoms with Gasteiger partial charge in [0.15, 0.2) is 11.2 Å². The lowest BCUT2D eigenvalue weighted by atomic mass is 10.0. The predicted molar refractivity (Wildman–Crippen MR) is 80.9 cm³/mol. The van der Waals surface area contributed by atoms with Crippen molar-refractivity contribution in [3.05, 3.63) is 20.8 Å². The summed E-state index contributed by atoms with van der Waals surface area (Å²) in [4.78, 5) is 33.7. The SMILES string of the molecule is Cn1c(=O)c2[nH]c(N3CCNC(C)(C)C3)nc2n(C)c1=O. The second kappa shape index (κ2) is 4.45. The van der Waals surface area contributed by atoms with Gasteiger partial charge < -0.3 is 15.2 Å². The zero-order valence-corrected chi connectivity index (χ0v) is 12.7. The average molecular weight is 292 g/mol. The molecule has 2 aromatic heterocycles. The third kappa shape index (κ3) is 2.15. The summed E-state index contributed by atoms with van der Waals surface area (Å²) in [5.74, 6) is 0.637. The van der Waals surface area contributed by atoms with E-state index in [1.165, 1.54) is 11.6 Å². The number of imidazole rings is 1. The van der Waals surface area contributed by atoms with Crippen molar-refractivity contribution >= 4 is 17.1 Å². The Balaban J connectivity index is 2.14. The lowest BCUT2D eigenvalue weighted by molar-refractivity contribution is 0.351. The third-order valence-corrected chi connectivity index (χ3v) is 3.95. The summed E-state index contributed by atoms with van der Waals surface area (Å²) in [6.45, 7) is 6.67. The number of hydrogen-bond acceptors (Lipinski definition) is 5. The average Bonchev–Trinajstić information content (AvgIpc) is 2.87. The van der Waals surface area contributed by atoms with Gasteiger partial charge in [0.25, 0.3) is 5.56 Å². The maximum Gasteiger partial charge on any atom is 0.332 e. The van der Waals surface area contributed by atoms with Crippen LogP contribution in [0.1, 0.15) is 13.8 Å². The van der Waals surface area contributed by atoms with Crippen molar-refractivity contribution in [2.45, 2.75) is 19.4 Å². The third-order valence-electron chi connectivity index (χ3n) is 3.95. The second-order valence-corrected chi connectivity index (χ2v) is 6.20. The Morgan fingerprint density at radius 2 is 1.90 bits per heavy atom. The quantitative estimate of drug-likeness (QED) is 0.715. The largest absolute Gasteiger partial charge is 0.339 e. The van der Waals surface area contributed by atoms with Crippen molar-refractivity contribution < 1.29 is 0 Å². The first-order valence-corrected chi connectivity index (χ1v) is 6.96. The van der Waals surface area contributed by atoms with Gasteiger partial charge in [0.2, 0.25) is 5.95 Å². The molecule has 3 rings (SSSR count). The molecule has 114 valence electrons. The van der Waals surface area contributed by atoms with Gasteiger partial charge in [-0.2, -0.15) is 4.98 Å². The molecule has 2 aromatic rings. The number of aromatic amines is 1.